The number of phosphoric ester groups is 2. The number of hydrogen-bond acceptors (Lipinski definition) is 15. The van der Waals surface area contributed by atoms with Crippen LogP contribution in [0.4, 0.5) is 0 Å². The lowest BCUT2D eigenvalue weighted by molar-refractivity contribution is -0.161. The molecule has 19 heteroatoms. The lowest BCUT2D eigenvalue weighted by Gasteiger charge is -2.21. The van der Waals surface area contributed by atoms with Crippen molar-refractivity contribution >= 4 is 39.5 Å². The summed E-state index contributed by atoms with van der Waals surface area (Å²) >= 11 is 0. The van der Waals surface area contributed by atoms with Crippen LogP contribution in [0.25, 0.3) is 0 Å². The molecule has 0 aliphatic rings. The number of aliphatic hydroxyl groups is 1. The summed E-state index contributed by atoms with van der Waals surface area (Å²) in [7, 11) is -9.93. The normalized spacial score (nSPS) is 14.8. The van der Waals surface area contributed by atoms with Gasteiger partial charge in [-0.15, -0.1) is 0 Å². The molecule has 0 aliphatic carbocycles. The van der Waals surface area contributed by atoms with Crippen molar-refractivity contribution in [1.29, 1.82) is 0 Å². The van der Waals surface area contributed by atoms with E-state index in [0.717, 1.165) is 127 Å². The average molecular weight is 1410 g/mol. The highest BCUT2D eigenvalue weighted by Gasteiger charge is 2.30. The molecule has 0 aromatic rings. The van der Waals surface area contributed by atoms with E-state index in [2.05, 4.69) is 72.8 Å². The van der Waals surface area contributed by atoms with Gasteiger partial charge in [-0.3, -0.25) is 37.3 Å². The monoisotopic (exact) mass is 1410 g/mol. The molecule has 0 saturated carbocycles. The third-order valence-electron chi connectivity index (χ3n) is 18.0. The fraction of sp³-hybridized carbons (Fsp3) is 0.896. The number of hydrogen-bond donors (Lipinski definition) is 3. The molecule has 7 atom stereocenters. The van der Waals surface area contributed by atoms with Crippen molar-refractivity contribution in [3.05, 3.63) is 24.3 Å². The van der Waals surface area contributed by atoms with Gasteiger partial charge in [0.15, 0.2) is 12.2 Å². The molecule has 4 unspecified atom stereocenters. The van der Waals surface area contributed by atoms with Crippen LogP contribution in [0.3, 0.4) is 0 Å². The minimum atomic E-state index is -4.96. The molecule has 0 saturated heterocycles. The highest BCUT2D eigenvalue weighted by molar-refractivity contribution is 7.47. The molecule has 0 spiro atoms. The Labute approximate surface area is 586 Å². The van der Waals surface area contributed by atoms with Gasteiger partial charge in [0.1, 0.15) is 19.3 Å². The quantitative estimate of drug-likeness (QED) is 0.0169. The SMILES string of the molecule is CCCCCC/C=C\C=C/CCCCCCCC(=O)O[C@H](COC(=O)CCCCCCCCC(C)CC)COP(=O)(O)OC[C@H](O)COP(=O)(O)OC[C@@H](COC(=O)CCCCCCCCCCCCCCCCCCC(C)C)OC(=O)CCCCCCCCCCC(C)CC. The molecule has 0 amide bonds. The van der Waals surface area contributed by atoms with Crippen LogP contribution in [-0.4, -0.2) is 96.7 Å². The Hall–Kier alpha value is -2.46. The Morgan fingerprint density at radius 3 is 0.927 bits per heavy atom. The van der Waals surface area contributed by atoms with Crippen molar-refractivity contribution in [2.24, 2.45) is 17.8 Å². The summed E-state index contributed by atoms with van der Waals surface area (Å²) in [5, 5.41) is 10.6. The number of carbonyl (C=O) groups is 4. The molecular weight excluding hydrogens is 1260 g/mol. The van der Waals surface area contributed by atoms with E-state index >= 15 is 0 Å². The van der Waals surface area contributed by atoms with Gasteiger partial charge >= 0.3 is 39.5 Å². The van der Waals surface area contributed by atoms with Gasteiger partial charge < -0.3 is 33.8 Å². The lowest BCUT2D eigenvalue weighted by Crippen LogP contribution is -2.30. The van der Waals surface area contributed by atoms with E-state index in [1.165, 1.54) is 161 Å². The third-order valence-corrected chi connectivity index (χ3v) is 19.9. The number of carbonyl (C=O) groups excluding carboxylic acids is 4. The van der Waals surface area contributed by atoms with Crippen LogP contribution >= 0.6 is 15.6 Å². The number of aliphatic hydroxyl groups excluding tert-OH is 1. The first-order valence-corrected chi connectivity index (χ1v) is 42.2. The molecule has 566 valence electrons. The molecule has 0 rings (SSSR count). The Morgan fingerprint density at radius 2 is 0.615 bits per heavy atom. The molecule has 0 radical (unpaired) electrons. The zero-order valence-corrected chi connectivity index (χ0v) is 64.1. The summed E-state index contributed by atoms with van der Waals surface area (Å²) in [6, 6.07) is 0. The van der Waals surface area contributed by atoms with E-state index in [9.17, 15) is 43.2 Å². The first-order chi connectivity index (χ1) is 46.3. The van der Waals surface area contributed by atoms with Gasteiger partial charge in [-0.05, 0) is 69.1 Å². The Kier molecular flexibility index (Phi) is 65.3. The summed E-state index contributed by atoms with van der Waals surface area (Å²) in [5.74, 6) is 0.156. The Balaban J connectivity index is 5.25. The number of unbranched alkanes of at least 4 members (excludes halogenated alkanes) is 36. The van der Waals surface area contributed by atoms with Crippen molar-refractivity contribution < 1.29 is 80.2 Å². The molecule has 0 aliphatic heterocycles. The summed E-state index contributed by atoms with van der Waals surface area (Å²) in [6.07, 6.45) is 56.3. The van der Waals surface area contributed by atoms with E-state index in [1.807, 2.05) is 0 Å². The van der Waals surface area contributed by atoms with Crippen LogP contribution in [0.5, 0.6) is 0 Å². The van der Waals surface area contributed by atoms with Gasteiger partial charge in [0.05, 0.1) is 26.4 Å². The number of allylic oxidation sites excluding steroid dienone is 4. The van der Waals surface area contributed by atoms with Crippen LogP contribution < -0.4 is 0 Å². The number of ether oxygens (including phenoxy) is 4. The fourth-order valence-corrected chi connectivity index (χ4v) is 12.8. The van der Waals surface area contributed by atoms with Crippen molar-refractivity contribution in [3.8, 4) is 0 Å². The van der Waals surface area contributed by atoms with E-state index in [0.29, 0.717) is 25.7 Å². The first kappa shape index (κ1) is 93.5. The molecule has 0 fully saturated rings. The topological polar surface area (TPSA) is 237 Å². The average Bonchev–Trinajstić information content (AvgIpc) is 2.75. The third kappa shape index (κ3) is 67.4. The molecule has 0 aromatic heterocycles. The van der Waals surface area contributed by atoms with Crippen molar-refractivity contribution in [1.82, 2.24) is 0 Å². The Morgan fingerprint density at radius 1 is 0.344 bits per heavy atom. The van der Waals surface area contributed by atoms with Crippen molar-refractivity contribution in [2.75, 3.05) is 39.6 Å². The smallest absolute Gasteiger partial charge is 0.462 e. The highest BCUT2D eigenvalue weighted by Crippen LogP contribution is 2.45. The zero-order valence-electron chi connectivity index (χ0n) is 62.3. The number of rotatable bonds is 73. The number of phosphoric acid groups is 2. The van der Waals surface area contributed by atoms with Gasteiger partial charge in [-0.2, -0.15) is 0 Å². The second-order valence-corrected chi connectivity index (χ2v) is 30.9. The maximum atomic E-state index is 13.1. The molecular formula is C77H146O17P2. The summed E-state index contributed by atoms with van der Waals surface area (Å²) < 4.78 is 68.5. The molecule has 0 bridgehead atoms. The van der Waals surface area contributed by atoms with Crippen LogP contribution in [0, 0.1) is 17.8 Å². The van der Waals surface area contributed by atoms with Crippen molar-refractivity contribution in [3.63, 3.8) is 0 Å². The minimum Gasteiger partial charge on any atom is -0.462 e. The van der Waals surface area contributed by atoms with Crippen molar-refractivity contribution in [2.45, 2.75) is 388 Å². The largest absolute Gasteiger partial charge is 0.472 e. The van der Waals surface area contributed by atoms with E-state index in [4.69, 9.17) is 37.0 Å². The van der Waals surface area contributed by atoms with Gasteiger partial charge in [-0.25, -0.2) is 9.13 Å². The van der Waals surface area contributed by atoms with Crippen LogP contribution in [0.1, 0.15) is 370 Å². The standard InChI is InChI=1S/C77H146O17P2/c1-8-11-12-13-14-15-16-17-20-25-28-31-37-46-53-60-76(81)93-73(65-88-75(80)59-52-45-40-39-43-50-57-70(7)10-3)67-92-96(85,86)90-63-71(78)62-89-95(83,84)91-66-72(94-77(82)61-54-47-38-33-32-35-42-49-56-69(6)9-2)64-87-74(79)58-51-44-36-30-27-24-22-19-18-21-23-26-29-34-41-48-55-68(4)5/h15-17,20,68-73,78H,8-14,18-19,21-67H2,1-7H3,(H,83,84)(H,85,86)/b16-15-,20-17-/t69?,70?,71-,72-,73-/m1/s1. The van der Waals surface area contributed by atoms with Crippen LogP contribution in [0.2, 0.25) is 0 Å². The summed E-state index contributed by atoms with van der Waals surface area (Å²) in [4.78, 5) is 72.8. The zero-order chi connectivity index (χ0) is 70.9. The van der Waals surface area contributed by atoms with Crippen LogP contribution in [-0.2, 0) is 65.4 Å². The minimum absolute atomic E-state index is 0.0838. The van der Waals surface area contributed by atoms with E-state index in [-0.39, 0.29) is 25.7 Å². The lowest BCUT2D eigenvalue weighted by atomic mass is 9.99. The van der Waals surface area contributed by atoms with Crippen LogP contribution in [0.15, 0.2) is 24.3 Å². The van der Waals surface area contributed by atoms with Gasteiger partial charge in [0.2, 0.25) is 0 Å². The van der Waals surface area contributed by atoms with Gasteiger partial charge in [0.25, 0.3) is 0 Å². The number of esters is 4. The molecule has 96 heavy (non-hydrogen) atoms. The second kappa shape index (κ2) is 67.1. The van der Waals surface area contributed by atoms with E-state index in [1.54, 1.807) is 0 Å². The summed E-state index contributed by atoms with van der Waals surface area (Å²) in [6.45, 7) is 11.8. The molecule has 0 heterocycles. The molecule has 0 aromatic carbocycles. The molecule has 17 nitrogen and oxygen atoms in total. The van der Waals surface area contributed by atoms with Gasteiger partial charge in [0, 0.05) is 25.7 Å². The highest BCUT2D eigenvalue weighted by atomic mass is 31.2. The van der Waals surface area contributed by atoms with Gasteiger partial charge in [-0.1, -0.05) is 317 Å². The second-order valence-electron chi connectivity index (χ2n) is 28.0. The Bertz CT molecular complexity index is 1970. The fourth-order valence-electron chi connectivity index (χ4n) is 11.2. The van der Waals surface area contributed by atoms with E-state index < -0.39 is 97.5 Å². The maximum absolute atomic E-state index is 13.1. The molecule has 3 N–H and O–H groups in total. The predicted octanol–water partition coefficient (Wildman–Crippen LogP) is 22.1. The summed E-state index contributed by atoms with van der Waals surface area (Å²) in [5.41, 5.74) is 0. The first-order valence-electron chi connectivity index (χ1n) is 39.2. The predicted molar refractivity (Wildman–Crippen MR) is 390 cm³/mol. The maximum Gasteiger partial charge on any atom is 0.472 e.